The predicted octanol–water partition coefficient (Wildman–Crippen LogP) is 2.43. The van der Waals surface area contributed by atoms with Crippen LogP contribution in [0.5, 0.6) is 5.88 Å². The molecule has 1 atom stereocenters. The van der Waals surface area contributed by atoms with Crippen LogP contribution >= 0.6 is 28.5 Å². The Kier molecular flexibility index (Phi) is 5.76. The Hall–Kier alpha value is -0.510. The number of ether oxygens (including phenoxy) is 1. The van der Waals surface area contributed by atoms with Crippen LogP contribution in [0.3, 0.4) is 0 Å². The summed E-state index contributed by atoms with van der Waals surface area (Å²) < 4.78 is 23.2. The Labute approximate surface area is 101 Å². The third-order valence-electron chi connectivity index (χ3n) is 1.42. The molecule has 0 aliphatic rings. The zero-order valence-corrected chi connectivity index (χ0v) is 10.7. The van der Waals surface area contributed by atoms with Crippen LogP contribution in [0.1, 0.15) is 5.56 Å². The molecule has 0 bridgehead atoms. The summed E-state index contributed by atoms with van der Waals surface area (Å²) in [5.74, 6) is -0.736. The van der Waals surface area contributed by atoms with E-state index in [-0.39, 0.29) is 18.1 Å². The monoisotopic (exact) mass is 340 g/mol. The molecule has 1 unspecified atom stereocenters. The molecule has 0 amide bonds. The first-order valence-electron chi connectivity index (χ1n) is 3.94. The van der Waals surface area contributed by atoms with E-state index in [2.05, 4.69) is 27.0 Å². The molecular weight excluding hydrogens is 333 g/mol. The minimum Gasteiger partial charge on any atom is -0.473 e. The van der Waals surface area contributed by atoms with E-state index >= 15 is 0 Å². The lowest BCUT2D eigenvalue weighted by atomic mass is 10.3. The van der Waals surface area contributed by atoms with E-state index in [1.54, 1.807) is 6.07 Å². The molecule has 4 nitrogen and oxygen atoms in total. The fourth-order valence-electron chi connectivity index (χ4n) is 0.811. The maximum Gasteiger partial charge on any atom is 0.250 e. The summed E-state index contributed by atoms with van der Waals surface area (Å²) in [6.07, 6.45) is 1.26. The van der Waals surface area contributed by atoms with Gasteiger partial charge in [-0.1, -0.05) is 0 Å². The topological polar surface area (TPSA) is 55.1 Å². The Bertz CT molecular complexity index is 372. The SMILES string of the molecule is N#Cc1cnc(OCCOPI)c(F)c1. The van der Waals surface area contributed by atoms with Gasteiger partial charge < -0.3 is 9.26 Å². The molecule has 0 saturated carbocycles. The first-order chi connectivity index (χ1) is 7.27. The highest BCUT2D eigenvalue weighted by Crippen LogP contribution is 2.21. The van der Waals surface area contributed by atoms with Crippen molar-refractivity contribution in [2.75, 3.05) is 13.2 Å². The molecule has 1 heterocycles. The molecule has 80 valence electrons. The van der Waals surface area contributed by atoms with Crippen molar-refractivity contribution < 1.29 is 13.7 Å². The van der Waals surface area contributed by atoms with Crippen molar-refractivity contribution in [2.24, 2.45) is 0 Å². The van der Waals surface area contributed by atoms with E-state index < -0.39 is 5.82 Å². The van der Waals surface area contributed by atoms with Crippen molar-refractivity contribution in [1.82, 2.24) is 4.98 Å². The van der Waals surface area contributed by atoms with E-state index in [9.17, 15) is 4.39 Å². The Morgan fingerprint density at radius 2 is 2.40 bits per heavy atom. The fourth-order valence-corrected chi connectivity index (χ4v) is 1.63. The number of pyridine rings is 1. The van der Waals surface area contributed by atoms with Gasteiger partial charge in [0, 0.05) is 6.20 Å². The molecule has 0 spiro atoms. The van der Waals surface area contributed by atoms with Crippen molar-refractivity contribution in [2.45, 2.75) is 0 Å². The summed E-state index contributed by atoms with van der Waals surface area (Å²) in [5, 5.41) is 8.48. The third-order valence-corrected chi connectivity index (χ3v) is 2.66. The van der Waals surface area contributed by atoms with Gasteiger partial charge in [-0.15, -0.1) is 0 Å². The number of nitriles is 1. The number of rotatable bonds is 5. The van der Waals surface area contributed by atoms with Crippen LogP contribution in [0.2, 0.25) is 0 Å². The maximum atomic E-state index is 13.2. The van der Waals surface area contributed by atoms with Gasteiger partial charge in [0.05, 0.1) is 18.6 Å². The maximum absolute atomic E-state index is 13.2. The van der Waals surface area contributed by atoms with E-state index in [1.165, 1.54) is 6.20 Å². The van der Waals surface area contributed by atoms with Gasteiger partial charge in [-0.25, -0.2) is 9.37 Å². The van der Waals surface area contributed by atoms with Crippen molar-refractivity contribution in [3.63, 3.8) is 0 Å². The Balaban J connectivity index is 2.52. The standard InChI is InChI=1S/C8H7FIN2O2P/c9-7-3-6(4-11)5-12-8(7)13-1-2-14-15-10/h3,5,15H,1-2H2. The van der Waals surface area contributed by atoms with E-state index in [0.717, 1.165) is 6.07 Å². The number of hydrogen-bond acceptors (Lipinski definition) is 4. The minimum atomic E-state index is -0.633. The zero-order chi connectivity index (χ0) is 11.1. The lowest BCUT2D eigenvalue weighted by Gasteiger charge is -2.05. The summed E-state index contributed by atoms with van der Waals surface area (Å²) in [6, 6.07) is 2.88. The lowest BCUT2D eigenvalue weighted by Crippen LogP contribution is -2.05. The van der Waals surface area contributed by atoms with Gasteiger partial charge in [0.25, 0.3) is 5.88 Å². The molecule has 7 heteroatoms. The van der Waals surface area contributed by atoms with Crippen LogP contribution < -0.4 is 4.74 Å². The van der Waals surface area contributed by atoms with E-state index in [4.69, 9.17) is 14.5 Å². The minimum absolute atomic E-state index is 0.102. The second kappa shape index (κ2) is 6.88. The number of halogens is 2. The average Bonchev–Trinajstić information content (AvgIpc) is 2.26. The molecule has 0 saturated heterocycles. The summed E-state index contributed by atoms with van der Waals surface area (Å²) in [6.45, 7) is 0.987. The van der Waals surface area contributed by atoms with Gasteiger partial charge >= 0.3 is 0 Å². The molecule has 1 aromatic heterocycles. The molecule has 0 fully saturated rings. The quantitative estimate of drug-likeness (QED) is 0.469. The number of nitrogens with zero attached hydrogens (tertiary/aromatic N) is 2. The van der Waals surface area contributed by atoms with Crippen LogP contribution in [0.25, 0.3) is 0 Å². The number of hydrogen-bond donors (Lipinski definition) is 0. The summed E-state index contributed by atoms with van der Waals surface area (Å²) in [5.41, 5.74) is 0.171. The summed E-state index contributed by atoms with van der Waals surface area (Å²) in [7, 11) is 0. The molecule has 0 N–H and O–H groups in total. The molecule has 0 aliphatic heterocycles. The Morgan fingerprint density at radius 1 is 1.60 bits per heavy atom. The molecule has 1 rings (SSSR count). The highest BCUT2D eigenvalue weighted by atomic mass is 127. The van der Waals surface area contributed by atoms with Gasteiger partial charge in [0.15, 0.2) is 5.82 Å². The number of aromatic nitrogens is 1. The predicted molar refractivity (Wildman–Crippen MR) is 62.7 cm³/mol. The molecule has 0 radical (unpaired) electrons. The Morgan fingerprint density at radius 3 is 3.00 bits per heavy atom. The second-order valence-corrected chi connectivity index (χ2v) is 4.16. The molecule has 0 aromatic carbocycles. The third kappa shape index (κ3) is 4.24. The van der Waals surface area contributed by atoms with Gasteiger partial charge in [0.1, 0.15) is 12.7 Å². The fraction of sp³-hybridized carbons (Fsp3) is 0.250. The second-order valence-electron chi connectivity index (χ2n) is 2.40. The van der Waals surface area contributed by atoms with Crippen LogP contribution in [-0.2, 0) is 4.52 Å². The van der Waals surface area contributed by atoms with Gasteiger partial charge in [-0.05, 0) is 28.1 Å². The van der Waals surface area contributed by atoms with Crippen molar-refractivity contribution >= 4 is 28.5 Å². The van der Waals surface area contributed by atoms with Crippen LogP contribution in [-0.4, -0.2) is 18.2 Å². The van der Waals surface area contributed by atoms with Crippen LogP contribution in [0, 0.1) is 17.1 Å². The molecule has 15 heavy (non-hydrogen) atoms. The van der Waals surface area contributed by atoms with Crippen molar-refractivity contribution in [1.29, 1.82) is 5.26 Å². The van der Waals surface area contributed by atoms with Gasteiger partial charge in [-0.3, -0.25) is 0 Å². The van der Waals surface area contributed by atoms with E-state index in [0.29, 0.717) is 13.1 Å². The average molecular weight is 340 g/mol. The lowest BCUT2D eigenvalue weighted by molar-refractivity contribution is 0.223. The van der Waals surface area contributed by atoms with Gasteiger partial charge in [0.2, 0.25) is 0 Å². The summed E-state index contributed by atoms with van der Waals surface area (Å²) in [4.78, 5) is 3.67. The molecule has 1 aromatic rings. The van der Waals surface area contributed by atoms with E-state index in [1.807, 2.05) is 0 Å². The van der Waals surface area contributed by atoms with Crippen LogP contribution in [0.15, 0.2) is 12.3 Å². The summed E-state index contributed by atoms with van der Waals surface area (Å²) >= 11 is 2.08. The van der Waals surface area contributed by atoms with Gasteiger partial charge in [-0.2, -0.15) is 5.26 Å². The van der Waals surface area contributed by atoms with Crippen LogP contribution in [0.4, 0.5) is 4.39 Å². The molecule has 0 aliphatic carbocycles. The molecular formula is C8H7FIN2O2P. The highest BCUT2D eigenvalue weighted by molar-refractivity contribution is 14.2. The first-order valence-corrected chi connectivity index (χ1v) is 7.96. The van der Waals surface area contributed by atoms with Crippen molar-refractivity contribution in [3.05, 3.63) is 23.6 Å². The normalized spacial score (nSPS) is 10.5. The highest BCUT2D eigenvalue weighted by Gasteiger charge is 2.05. The van der Waals surface area contributed by atoms with Crippen molar-refractivity contribution in [3.8, 4) is 11.9 Å². The largest absolute Gasteiger partial charge is 0.473 e. The smallest absolute Gasteiger partial charge is 0.250 e. The zero-order valence-electron chi connectivity index (χ0n) is 7.54. The first kappa shape index (κ1) is 12.6.